The van der Waals surface area contributed by atoms with E-state index in [9.17, 15) is 5.11 Å². The number of hydrogen-bond acceptors (Lipinski definition) is 4. The first kappa shape index (κ1) is 25.4. The molecule has 1 heterocycles. The second-order valence-electron chi connectivity index (χ2n) is 7.65. The zero-order valence-corrected chi connectivity index (χ0v) is 20.8. The van der Waals surface area contributed by atoms with E-state index in [4.69, 9.17) is 4.74 Å². The Hall–Kier alpha value is -1.84. The summed E-state index contributed by atoms with van der Waals surface area (Å²) in [6.45, 7) is 6.07. The highest BCUT2D eigenvalue weighted by atomic mass is 127. The molecule has 1 aliphatic heterocycles. The lowest BCUT2D eigenvalue weighted by Gasteiger charge is -2.25. The summed E-state index contributed by atoms with van der Waals surface area (Å²) in [6, 6.07) is 18.6. The van der Waals surface area contributed by atoms with Crippen molar-refractivity contribution in [3.63, 3.8) is 0 Å². The van der Waals surface area contributed by atoms with E-state index in [1.165, 1.54) is 18.4 Å². The van der Waals surface area contributed by atoms with Crippen molar-refractivity contribution in [2.24, 2.45) is 4.99 Å². The van der Waals surface area contributed by atoms with Gasteiger partial charge in [-0.25, -0.2) is 0 Å². The van der Waals surface area contributed by atoms with Crippen molar-refractivity contribution in [1.82, 2.24) is 15.5 Å². The lowest BCUT2D eigenvalue weighted by molar-refractivity contribution is 0.186. The molecule has 2 aromatic rings. The number of halogens is 1. The van der Waals surface area contributed by atoms with E-state index in [2.05, 4.69) is 50.9 Å². The molecule has 1 fully saturated rings. The second kappa shape index (κ2) is 13.5. The predicted molar refractivity (Wildman–Crippen MR) is 137 cm³/mol. The van der Waals surface area contributed by atoms with Gasteiger partial charge in [0.1, 0.15) is 5.75 Å². The number of nitrogens with one attached hydrogen (secondary N) is 2. The quantitative estimate of drug-likeness (QED) is 0.259. The van der Waals surface area contributed by atoms with Crippen molar-refractivity contribution in [3.05, 3.63) is 65.7 Å². The molecule has 3 N–H and O–H groups in total. The second-order valence-corrected chi connectivity index (χ2v) is 7.65. The van der Waals surface area contributed by atoms with E-state index in [1.54, 1.807) is 7.11 Å². The van der Waals surface area contributed by atoms with Gasteiger partial charge in [0.25, 0.3) is 0 Å². The number of likely N-dealkylation sites (tertiary alicyclic amines) is 1. The molecule has 170 valence electrons. The average Bonchev–Trinajstić information content (AvgIpc) is 3.23. The number of nitrogens with zero attached hydrogens (tertiary/aromatic N) is 2. The molecule has 31 heavy (non-hydrogen) atoms. The molecule has 6 nitrogen and oxygen atoms in total. The van der Waals surface area contributed by atoms with Gasteiger partial charge < -0.3 is 20.5 Å². The monoisotopic (exact) mass is 538 g/mol. The molecule has 2 atom stereocenters. The van der Waals surface area contributed by atoms with Crippen LogP contribution in [0.15, 0.2) is 59.6 Å². The maximum atomic E-state index is 10.5. The molecule has 0 saturated carbocycles. The van der Waals surface area contributed by atoms with Crippen molar-refractivity contribution >= 4 is 29.9 Å². The van der Waals surface area contributed by atoms with Gasteiger partial charge in [0.2, 0.25) is 0 Å². The summed E-state index contributed by atoms with van der Waals surface area (Å²) in [4.78, 5) is 7.14. The molecule has 1 aliphatic rings. The molecule has 0 aliphatic carbocycles. The molecule has 0 aromatic heterocycles. The fourth-order valence-electron chi connectivity index (χ4n) is 3.84. The molecule has 2 aromatic carbocycles. The van der Waals surface area contributed by atoms with Crippen LogP contribution in [0.3, 0.4) is 0 Å². The Morgan fingerprint density at radius 1 is 1.19 bits per heavy atom. The summed E-state index contributed by atoms with van der Waals surface area (Å²) in [5, 5.41) is 17.3. The number of hydrogen-bond donors (Lipinski definition) is 3. The van der Waals surface area contributed by atoms with E-state index >= 15 is 0 Å². The summed E-state index contributed by atoms with van der Waals surface area (Å²) >= 11 is 0. The smallest absolute Gasteiger partial charge is 0.191 e. The lowest BCUT2D eigenvalue weighted by Crippen LogP contribution is -2.44. The SMILES string of the molecule is CCNC(=NCC(O)c1cccc(OC)c1)NCC1CCCN1Cc1ccccc1.I. The molecular formula is C24H35IN4O2. The van der Waals surface area contributed by atoms with Crippen LogP contribution in [-0.2, 0) is 6.54 Å². The van der Waals surface area contributed by atoms with Crippen LogP contribution in [0.1, 0.15) is 37.0 Å². The molecule has 1 saturated heterocycles. The van der Waals surface area contributed by atoms with Crippen LogP contribution in [0.2, 0.25) is 0 Å². The van der Waals surface area contributed by atoms with Gasteiger partial charge in [0, 0.05) is 25.7 Å². The van der Waals surface area contributed by atoms with Crippen molar-refractivity contribution in [1.29, 1.82) is 0 Å². The van der Waals surface area contributed by atoms with Crippen molar-refractivity contribution in [2.75, 3.05) is 33.3 Å². The number of methoxy groups -OCH3 is 1. The standard InChI is InChI=1S/C24H34N4O2.HI/c1-3-25-24(27-17-23(29)20-11-7-13-22(15-20)30-2)26-16-21-12-8-14-28(21)18-19-9-5-4-6-10-19;/h4-7,9-11,13,15,21,23,29H,3,8,12,14,16-18H2,1-2H3,(H2,25,26,27);1H. The largest absolute Gasteiger partial charge is 0.497 e. The molecule has 7 heteroatoms. The number of rotatable bonds is 9. The van der Waals surface area contributed by atoms with Crippen LogP contribution >= 0.6 is 24.0 Å². The molecule has 2 unspecified atom stereocenters. The Bertz CT molecular complexity index is 803. The van der Waals surface area contributed by atoms with E-state index in [-0.39, 0.29) is 24.0 Å². The predicted octanol–water partition coefficient (Wildman–Crippen LogP) is 3.57. The third-order valence-electron chi connectivity index (χ3n) is 5.48. The summed E-state index contributed by atoms with van der Waals surface area (Å²) in [5.41, 5.74) is 2.16. The van der Waals surface area contributed by atoms with Crippen molar-refractivity contribution < 1.29 is 9.84 Å². The Morgan fingerprint density at radius 2 is 2.00 bits per heavy atom. The number of guanidine groups is 1. The minimum Gasteiger partial charge on any atom is -0.497 e. The maximum absolute atomic E-state index is 10.5. The first-order chi connectivity index (χ1) is 14.7. The minimum absolute atomic E-state index is 0. The minimum atomic E-state index is -0.670. The van der Waals surface area contributed by atoms with E-state index in [1.807, 2.05) is 31.2 Å². The number of aliphatic hydroxyl groups excluding tert-OH is 1. The number of aliphatic imine (C=N–C) groups is 1. The topological polar surface area (TPSA) is 69.1 Å². The normalized spacial score (nSPS) is 17.6. The van der Waals surface area contributed by atoms with E-state index in [0.29, 0.717) is 12.6 Å². The first-order valence-corrected chi connectivity index (χ1v) is 10.8. The van der Waals surface area contributed by atoms with E-state index < -0.39 is 6.10 Å². The van der Waals surface area contributed by atoms with Crippen molar-refractivity contribution in [2.45, 2.75) is 38.5 Å². The van der Waals surface area contributed by atoms with Crippen LogP contribution in [-0.4, -0.2) is 55.3 Å². The molecule has 0 amide bonds. The Morgan fingerprint density at radius 3 is 2.74 bits per heavy atom. The molecule has 0 bridgehead atoms. The number of ether oxygens (including phenoxy) is 1. The Labute approximate surface area is 203 Å². The third-order valence-corrected chi connectivity index (χ3v) is 5.48. The Kier molecular flexibility index (Phi) is 11.1. The van der Waals surface area contributed by atoms with Crippen LogP contribution in [0, 0.1) is 0 Å². The number of benzene rings is 2. The van der Waals surface area contributed by atoms with E-state index in [0.717, 1.165) is 43.5 Å². The zero-order chi connectivity index (χ0) is 21.2. The highest BCUT2D eigenvalue weighted by molar-refractivity contribution is 14.0. The third kappa shape index (κ3) is 7.97. The molecule has 0 radical (unpaired) electrons. The maximum Gasteiger partial charge on any atom is 0.191 e. The first-order valence-electron chi connectivity index (χ1n) is 10.8. The van der Waals surface area contributed by atoms with Gasteiger partial charge in [0.15, 0.2) is 5.96 Å². The van der Waals surface area contributed by atoms with Gasteiger partial charge in [-0.05, 0) is 49.6 Å². The van der Waals surface area contributed by atoms with Gasteiger partial charge in [0.05, 0.1) is 19.8 Å². The van der Waals surface area contributed by atoms with Gasteiger partial charge in [-0.1, -0.05) is 42.5 Å². The summed E-state index contributed by atoms with van der Waals surface area (Å²) in [6.07, 6.45) is 1.74. The highest BCUT2D eigenvalue weighted by Crippen LogP contribution is 2.20. The average molecular weight is 538 g/mol. The number of aliphatic hydroxyl groups is 1. The summed E-state index contributed by atoms with van der Waals surface area (Å²) in [7, 11) is 1.63. The van der Waals surface area contributed by atoms with Crippen LogP contribution in [0.5, 0.6) is 5.75 Å². The Balaban J connectivity index is 0.00000341. The van der Waals surface area contributed by atoms with Gasteiger partial charge >= 0.3 is 0 Å². The molecular weight excluding hydrogens is 503 g/mol. The molecule has 0 spiro atoms. The van der Waals surface area contributed by atoms with Crippen LogP contribution in [0.4, 0.5) is 0 Å². The van der Waals surface area contributed by atoms with Crippen LogP contribution < -0.4 is 15.4 Å². The molecule has 3 rings (SSSR count). The fraction of sp³-hybridized carbons (Fsp3) is 0.458. The highest BCUT2D eigenvalue weighted by Gasteiger charge is 2.24. The lowest BCUT2D eigenvalue weighted by atomic mass is 10.1. The fourth-order valence-corrected chi connectivity index (χ4v) is 3.84. The van der Waals surface area contributed by atoms with Gasteiger partial charge in [-0.2, -0.15) is 0 Å². The van der Waals surface area contributed by atoms with Gasteiger partial charge in [-0.15, -0.1) is 24.0 Å². The summed E-state index contributed by atoms with van der Waals surface area (Å²) in [5.74, 6) is 1.48. The van der Waals surface area contributed by atoms with Crippen molar-refractivity contribution in [3.8, 4) is 5.75 Å². The zero-order valence-electron chi connectivity index (χ0n) is 18.5. The van der Waals surface area contributed by atoms with Crippen LogP contribution in [0.25, 0.3) is 0 Å². The summed E-state index contributed by atoms with van der Waals surface area (Å²) < 4.78 is 5.24. The van der Waals surface area contributed by atoms with Gasteiger partial charge in [-0.3, -0.25) is 9.89 Å².